The Balaban J connectivity index is 4.02. The van der Waals surface area contributed by atoms with Crippen LogP contribution < -0.4 is 0 Å². The molecule has 0 aromatic rings. The average molecular weight is 202 g/mol. The molecule has 5 heteroatoms. The number of carbonyl (C=O) groups is 2. The minimum absolute atomic E-state index is 0.0131. The van der Waals surface area contributed by atoms with E-state index >= 15 is 0 Å². The summed E-state index contributed by atoms with van der Waals surface area (Å²) >= 11 is 0. The van der Waals surface area contributed by atoms with Gasteiger partial charge in [-0.2, -0.15) is 0 Å². The quantitative estimate of drug-likeness (QED) is 0.460. The Hall–Kier alpha value is -1.20. The van der Waals surface area contributed by atoms with Gasteiger partial charge in [0.15, 0.2) is 5.78 Å². The molecule has 0 amide bonds. The summed E-state index contributed by atoms with van der Waals surface area (Å²) in [6.07, 6.45) is 0.283. The molecule has 0 fully saturated rings. The van der Waals surface area contributed by atoms with Crippen LogP contribution in [0.5, 0.6) is 0 Å². The van der Waals surface area contributed by atoms with Crippen molar-refractivity contribution in [3.63, 3.8) is 0 Å². The highest BCUT2D eigenvalue weighted by molar-refractivity contribution is 5.89. The minimum atomic E-state index is -1.01. The summed E-state index contributed by atoms with van der Waals surface area (Å²) in [5.74, 6) is -1.25. The monoisotopic (exact) mass is 202 g/mol. The third-order valence-electron chi connectivity index (χ3n) is 1.48. The van der Waals surface area contributed by atoms with Crippen LogP contribution >= 0.6 is 0 Å². The Labute approximate surface area is 82.3 Å². The van der Waals surface area contributed by atoms with Gasteiger partial charge in [-0.25, -0.2) is 0 Å². The van der Waals surface area contributed by atoms with Crippen LogP contribution in [-0.4, -0.2) is 36.9 Å². The molecule has 0 spiro atoms. The summed E-state index contributed by atoms with van der Waals surface area (Å²) in [6.45, 7) is 3.26. The van der Waals surface area contributed by atoms with Gasteiger partial charge in [0.1, 0.15) is 6.79 Å². The van der Waals surface area contributed by atoms with E-state index in [1.54, 1.807) is 0 Å². The number of aliphatic carboxylic acids is 1. The van der Waals surface area contributed by atoms with E-state index in [2.05, 4.69) is 11.3 Å². The number of hydrogen-bond donors (Lipinski definition) is 1. The van der Waals surface area contributed by atoms with Crippen molar-refractivity contribution in [2.24, 2.45) is 0 Å². The zero-order valence-corrected chi connectivity index (χ0v) is 8.06. The molecule has 14 heavy (non-hydrogen) atoms. The van der Waals surface area contributed by atoms with E-state index in [0.29, 0.717) is 0 Å². The maximum Gasteiger partial charge on any atom is 0.305 e. The highest BCUT2D eigenvalue weighted by Crippen LogP contribution is 2.05. The fourth-order valence-electron chi connectivity index (χ4n) is 0.857. The number of ketones is 1. The largest absolute Gasteiger partial charge is 0.481 e. The molecule has 0 aromatic heterocycles. The van der Waals surface area contributed by atoms with Crippen LogP contribution in [0.3, 0.4) is 0 Å². The Morgan fingerprint density at radius 2 is 2.14 bits per heavy atom. The van der Waals surface area contributed by atoms with E-state index in [1.165, 1.54) is 7.11 Å². The molecule has 0 aliphatic rings. The first kappa shape index (κ1) is 12.8. The van der Waals surface area contributed by atoms with E-state index in [4.69, 9.17) is 9.84 Å². The lowest BCUT2D eigenvalue weighted by Gasteiger charge is -2.13. The van der Waals surface area contributed by atoms with Crippen molar-refractivity contribution < 1.29 is 24.2 Å². The maximum atomic E-state index is 10.9. The normalized spacial score (nSPS) is 12.1. The average Bonchev–Trinajstić information content (AvgIpc) is 2.13. The van der Waals surface area contributed by atoms with Gasteiger partial charge < -0.3 is 14.6 Å². The van der Waals surface area contributed by atoms with Crippen LogP contribution in [0, 0.1) is 0 Å². The first-order chi connectivity index (χ1) is 6.60. The second kappa shape index (κ2) is 7.23. The number of carboxylic acid groups (broad SMARTS) is 1. The molecule has 0 radical (unpaired) electrons. The minimum Gasteiger partial charge on any atom is -0.481 e. The predicted molar refractivity (Wildman–Crippen MR) is 48.8 cm³/mol. The number of ether oxygens (including phenoxy) is 2. The SMILES string of the molecule is C=CC(=O)C[C@H](CC(=O)O)OCOC. The van der Waals surface area contributed by atoms with Crippen molar-refractivity contribution in [2.75, 3.05) is 13.9 Å². The lowest BCUT2D eigenvalue weighted by atomic mass is 10.1. The Kier molecular flexibility index (Phi) is 6.61. The van der Waals surface area contributed by atoms with E-state index < -0.39 is 12.1 Å². The number of allylic oxidation sites excluding steroid dienone is 1. The fourth-order valence-corrected chi connectivity index (χ4v) is 0.857. The number of carboxylic acids is 1. The summed E-state index contributed by atoms with van der Waals surface area (Å²) in [6, 6.07) is 0. The van der Waals surface area contributed by atoms with Gasteiger partial charge in [0.2, 0.25) is 0 Å². The standard InChI is InChI=1S/C9H14O5/c1-3-7(10)4-8(5-9(11)12)14-6-13-2/h3,8H,1,4-6H2,2H3,(H,11,12)/t8-/m1/s1. The molecule has 0 bridgehead atoms. The Morgan fingerprint density at radius 1 is 1.50 bits per heavy atom. The van der Waals surface area contributed by atoms with Crippen LogP contribution in [0.4, 0.5) is 0 Å². The van der Waals surface area contributed by atoms with Crippen LogP contribution in [0.15, 0.2) is 12.7 Å². The molecule has 0 heterocycles. The van der Waals surface area contributed by atoms with E-state index in [9.17, 15) is 9.59 Å². The predicted octanol–water partition coefficient (Wildman–Crippen LogP) is 0.595. The van der Waals surface area contributed by atoms with E-state index in [0.717, 1.165) is 6.08 Å². The van der Waals surface area contributed by atoms with Crippen molar-refractivity contribution in [1.29, 1.82) is 0 Å². The molecule has 1 atom stereocenters. The highest BCUT2D eigenvalue weighted by atomic mass is 16.7. The maximum absolute atomic E-state index is 10.9. The first-order valence-electron chi connectivity index (χ1n) is 4.07. The second-order valence-electron chi connectivity index (χ2n) is 2.67. The molecule has 0 aliphatic carbocycles. The zero-order valence-electron chi connectivity index (χ0n) is 8.06. The van der Waals surface area contributed by atoms with Gasteiger partial charge in [0.25, 0.3) is 0 Å². The van der Waals surface area contributed by atoms with Crippen molar-refractivity contribution in [3.8, 4) is 0 Å². The molecule has 0 aliphatic heterocycles. The molecule has 0 unspecified atom stereocenters. The van der Waals surface area contributed by atoms with Gasteiger partial charge in [-0.05, 0) is 6.08 Å². The van der Waals surface area contributed by atoms with Crippen LogP contribution in [0.2, 0.25) is 0 Å². The third-order valence-corrected chi connectivity index (χ3v) is 1.48. The molecule has 0 aromatic carbocycles. The molecule has 80 valence electrons. The van der Waals surface area contributed by atoms with Gasteiger partial charge in [0.05, 0.1) is 12.5 Å². The van der Waals surface area contributed by atoms with Crippen molar-refractivity contribution in [2.45, 2.75) is 18.9 Å². The van der Waals surface area contributed by atoms with Gasteiger partial charge in [-0.3, -0.25) is 9.59 Å². The van der Waals surface area contributed by atoms with Crippen molar-refractivity contribution >= 4 is 11.8 Å². The Morgan fingerprint density at radius 3 is 2.57 bits per heavy atom. The smallest absolute Gasteiger partial charge is 0.305 e. The topological polar surface area (TPSA) is 72.8 Å². The van der Waals surface area contributed by atoms with Crippen LogP contribution in [0.1, 0.15) is 12.8 Å². The van der Waals surface area contributed by atoms with E-state index in [-0.39, 0.29) is 25.4 Å². The lowest BCUT2D eigenvalue weighted by molar-refractivity contribution is -0.144. The second-order valence-corrected chi connectivity index (χ2v) is 2.67. The molecular formula is C9H14O5. The fraction of sp³-hybridized carbons (Fsp3) is 0.556. The Bertz CT molecular complexity index is 211. The van der Waals surface area contributed by atoms with Crippen LogP contribution in [0.25, 0.3) is 0 Å². The third kappa shape index (κ3) is 6.33. The number of methoxy groups -OCH3 is 1. The first-order valence-corrected chi connectivity index (χ1v) is 4.07. The zero-order chi connectivity index (χ0) is 11.0. The number of hydrogen-bond acceptors (Lipinski definition) is 4. The summed E-state index contributed by atoms with van der Waals surface area (Å²) in [5, 5.41) is 8.51. The molecule has 5 nitrogen and oxygen atoms in total. The number of carbonyl (C=O) groups excluding carboxylic acids is 1. The summed E-state index contributed by atoms with van der Waals surface area (Å²) in [5.41, 5.74) is 0. The molecule has 0 saturated heterocycles. The summed E-state index contributed by atoms with van der Waals surface area (Å²) in [7, 11) is 1.42. The van der Waals surface area contributed by atoms with Crippen LogP contribution in [-0.2, 0) is 19.1 Å². The lowest BCUT2D eigenvalue weighted by Crippen LogP contribution is -2.21. The number of rotatable bonds is 8. The van der Waals surface area contributed by atoms with Gasteiger partial charge in [0, 0.05) is 13.5 Å². The van der Waals surface area contributed by atoms with Gasteiger partial charge >= 0.3 is 5.97 Å². The molecule has 0 saturated carbocycles. The molecule has 1 N–H and O–H groups in total. The molecular weight excluding hydrogens is 188 g/mol. The summed E-state index contributed by atoms with van der Waals surface area (Å²) < 4.78 is 9.62. The van der Waals surface area contributed by atoms with Gasteiger partial charge in [-0.15, -0.1) is 0 Å². The molecule has 0 rings (SSSR count). The summed E-state index contributed by atoms with van der Waals surface area (Å²) in [4.78, 5) is 21.3. The van der Waals surface area contributed by atoms with Gasteiger partial charge in [-0.1, -0.05) is 6.58 Å². The van der Waals surface area contributed by atoms with Crippen molar-refractivity contribution in [3.05, 3.63) is 12.7 Å². The van der Waals surface area contributed by atoms with Crippen molar-refractivity contribution in [1.82, 2.24) is 0 Å². The highest BCUT2D eigenvalue weighted by Gasteiger charge is 2.16. The van der Waals surface area contributed by atoms with E-state index in [1.807, 2.05) is 0 Å².